The minimum Gasteiger partial charge on any atom is -0.481 e. The molecule has 2 aliphatic rings. The predicted octanol–water partition coefficient (Wildman–Crippen LogP) is 1.11. The van der Waals surface area contributed by atoms with Gasteiger partial charge in [0.2, 0.25) is 5.91 Å². The molecule has 19 heavy (non-hydrogen) atoms. The van der Waals surface area contributed by atoms with Crippen molar-refractivity contribution in [1.82, 2.24) is 4.90 Å². The largest absolute Gasteiger partial charge is 0.481 e. The van der Waals surface area contributed by atoms with E-state index in [4.69, 9.17) is 5.11 Å². The number of likely N-dealkylation sites (tertiary alicyclic amines) is 1. The van der Waals surface area contributed by atoms with Gasteiger partial charge in [0.1, 0.15) is 0 Å². The number of carboxylic acids is 1. The number of rotatable bonds is 2. The molecule has 2 N–H and O–H groups in total. The summed E-state index contributed by atoms with van der Waals surface area (Å²) in [7, 11) is 0. The molecule has 0 radical (unpaired) electrons. The van der Waals surface area contributed by atoms with Gasteiger partial charge in [-0.15, -0.1) is 0 Å². The summed E-state index contributed by atoms with van der Waals surface area (Å²) in [5.41, 5.74) is -1.15. The lowest BCUT2D eigenvalue weighted by atomic mass is 9.98. The van der Waals surface area contributed by atoms with Crippen LogP contribution in [0.4, 0.5) is 0 Å². The lowest BCUT2D eigenvalue weighted by Gasteiger charge is -2.23. The summed E-state index contributed by atoms with van der Waals surface area (Å²) >= 11 is 0. The zero-order valence-electron chi connectivity index (χ0n) is 11.8. The Balaban J connectivity index is 2.03. The van der Waals surface area contributed by atoms with Crippen molar-refractivity contribution in [1.29, 1.82) is 0 Å². The monoisotopic (exact) mass is 269 g/mol. The standard InChI is InChI=1S/C14H23NO4/c1-13(2)9(10(13)12(17)18)11(16)15-7-4-5-14(3,19)6-8-15/h9-10,19H,4-8H2,1-3H3,(H,17,18). The topological polar surface area (TPSA) is 77.8 Å². The van der Waals surface area contributed by atoms with Crippen LogP contribution >= 0.6 is 0 Å². The smallest absolute Gasteiger partial charge is 0.307 e. The maximum atomic E-state index is 12.4. The van der Waals surface area contributed by atoms with Crippen LogP contribution in [-0.2, 0) is 9.59 Å². The lowest BCUT2D eigenvalue weighted by molar-refractivity contribution is -0.142. The molecular weight excluding hydrogens is 246 g/mol. The van der Waals surface area contributed by atoms with Gasteiger partial charge in [-0.3, -0.25) is 9.59 Å². The van der Waals surface area contributed by atoms with E-state index in [-0.39, 0.29) is 5.91 Å². The fourth-order valence-electron chi connectivity index (χ4n) is 3.24. The molecular formula is C14H23NO4. The molecule has 0 aromatic heterocycles. The Morgan fingerprint density at radius 1 is 1.11 bits per heavy atom. The fourth-order valence-corrected chi connectivity index (χ4v) is 3.24. The third-order valence-corrected chi connectivity index (χ3v) is 4.73. The van der Waals surface area contributed by atoms with Crippen molar-refractivity contribution in [3.05, 3.63) is 0 Å². The molecule has 1 saturated heterocycles. The summed E-state index contributed by atoms with van der Waals surface area (Å²) in [5, 5.41) is 19.2. The number of hydrogen-bond acceptors (Lipinski definition) is 3. The Morgan fingerprint density at radius 2 is 1.74 bits per heavy atom. The first-order chi connectivity index (χ1) is 8.67. The van der Waals surface area contributed by atoms with E-state index < -0.39 is 28.8 Å². The molecule has 1 aliphatic carbocycles. The molecule has 5 heteroatoms. The van der Waals surface area contributed by atoms with Crippen molar-refractivity contribution in [3.63, 3.8) is 0 Å². The Hall–Kier alpha value is -1.10. The van der Waals surface area contributed by atoms with Gasteiger partial charge in [0, 0.05) is 13.1 Å². The minimum absolute atomic E-state index is 0.0601. The number of hydrogen-bond donors (Lipinski definition) is 2. The summed E-state index contributed by atoms with van der Waals surface area (Å²) in [6.45, 7) is 6.60. The van der Waals surface area contributed by atoms with Crippen molar-refractivity contribution in [2.75, 3.05) is 13.1 Å². The quantitative estimate of drug-likeness (QED) is 0.787. The Kier molecular flexibility index (Phi) is 3.37. The second-order valence-electron chi connectivity index (χ2n) is 6.79. The second kappa shape index (κ2) is 4.47. The first kappa shape index (κ1) is 14.3. The van der Waals surface area contributed by atoms with Gasteiger partial charge in [-0.25, -0.2) is 0 Å². The molecule has 1 aliphatic heterocycles. The average Bonchev–Trinajstić information content (AvgIpc) is 2.89. The van der Waals surface area contributed by atoms with Crippen LogP contribution in [0.25, 0.3) is 0 Å². The minimum atomic E-state index is -0.884. The second-order valence-corrected chi connectivity index (χ2v) is 6.79. The van der Waals surface area contributed by atoms with E-state index in [2.05, 4.69) is 0 Å². The molecule has 1 amide bonds. The predicted molar refractivity (Wildman–Crippen MR) is 69.5 cm³/mol. The van der Waals surface area contributed by atoms with E-state index in [1.54, 1.807) is 11.8 Å². The number of nitrogens with zero attached hydrogens (tertiary/aromatic N) is 1. The third-order valence-electron chi connectivity index (χ3n) is 4.73. The van der Waals surface area contributed by atoms with Crippen LogP contribution in [0, 0.1) is 17.3 Å². The third kappa shape index (κ3) is 2.61. The molecule has 0 aromatic carbocycles. The van der Waals surface area contributed by atoms with Gasteiger partial charge in [0.25, 0.3) is 0 Å². The summed E-state index contributed by atoms with van der Waals surface area (Å²) in [6.07, 6.45) is 2.01. The van der Waals surface area contributed by atoms with Gasteiger partial charge in [0.15, 0.2) is 0 Å². The molecule has 1 heterocycles. The SMILES string of the molecule is CC1(O)CCCN(C(=O)C2C(C(=O)O)C2(C)C)CC1. The highest BCUT2D eigenvalue weighted by Gasteiger charge is 2.66. The van der Waals surface area contributed by atoms with Gasteiger partial charge in [0.05, 0.1) is 17.4 Å². The maximum Gasteiger partial charge on any atom is 0.307 e. The number of amides is 1. The van der Waals surface area contributed by atoms with E-state index >= 15 is 0 Å². The molecule has 0 aromatic rings. The number of carbonyl (C=O) groups is 2. The number of carboxylic acid groups (broad SMARTS) is 1. The zero-order chi connectivity index (χ0) is 14.4. The van der Waals surface area contributed by atoms with E-state index in [0.717, 1.165) is 6.42 Å². The summed E-state index contributed by atoms with van der Waals surface area (Å²) in [6, 6.07) is 0. The zero-order valence-corrected chi connectivity index (χ0v) is 11.8. The fraction of sp³-hybridized carbons (Fsp3) is 0.857. The average molecular weight is 269 g/mol. The van der Waals surface area contributed by atoms with Gasteiger partial charge in [-0.2, -0.15) is 0 Å². The van der Waals surface area contributed by atoms with Gasteiger partial charge in [-0.1, -0.05) is 13.8 Å². The Bertz CT molecular complexity index is 402. The van der Waals surface area contributed by atoms with Crippen molar-refractivity contribution in [2.45, 2.75) is 45.6 Å². The first-order valence-electron chi connectivity index (χ1n) is 6.91. The van der Waals surface area contributed by atoms with E-state index in [1.807, 2.05) is 13.8 Å². The van der Waals surface area contributed by atoms with Gasteiger partial charge < -0.3 is 15.1 Å². The van der Waals surface area contributed by atoms with Crippen LogP contribution < -0.4 is 0 Å². The van der Waals surface area contributed by atoms with Crippen LogP contribution in [0.3, 0.4) is 0 Å². The number of aliphatic hydroxyl groups is 1. The van der Waals surface area contributed by atoms with Crippen LogP contribution in [0.1, 0.15) is 40.0 Å². The Labute approximate surface area is 113 Å². The molecule has 0 bridgehead atoms. The summed E-state index contributed by atoms with van der Waals surface area (Å²) in [5.74, 6) is -1.92. The van der Waals surface area contributed by atoms with Crippen molar-refractivity contribution in [2.24, 2.45) is 17.3 Å². The molecule has 0 spiro atoms. The van der Waals surface area contributed by atoms with Crippen LogP contribution in [0.15, 0.2) is 0 Å². The van der Waals surface area contributed by atoms with E-state index in [1.165, 1.54) is 0 Å². The molecule has 1 saturated carbocycles. The molecule has 2 rings (SSSR count). The normalized spacial score (nSPS) is 37.6. The summed E-state index contributed by atoms with van der Waals surface area (Å²) < 4.78 is 0. The lowest BCUT2D eigenvalue weighted by Crippen LogP contribution is -2.35. The van der Waals surface area contributed by atoms with Gasteiger partial charge in [-0.05, 0) is 31.6 Å². The van der Waals surface area contributed by atoms with Crippen LogP contribution in [0.5, 0.6) is 0 Å². The molecule has 5 nitrogen and oxygen atoms in total. The molecule has 2 fully saturated rings. The highest BCUT2D eigenvalue weighted by atomic mass is 16.4. The van der Waals surface area contributed by atoms with Crippen molar-refractivity contribution >= 4 is 11.9 Å². The maximum absolute atomic E-state index is 12.4. The van der Waals surface area contributed by atoms with Gasteiger partial charge >= 0.3 is 5.97 Å². The number of carbonyl (C=O) groups excluding carboxylic acids is 1. The van der Waals surface area contributed by atoms with Crippen LogP contribution in [0.2, 0.25) is 0 Å². The molecule has 108 valence electrons. The first-order valence-corrected chi connectivity index (χ1v) is 6.91. The Morgan fingerprint density at radius 3 is 2.26 bits per heavy atom. The molecule has 3 atom stereocenters. The van der Waals surface area contributed by atoms with Crippen molar-refractivity contribution < 1.29 is 19.8 Å². The molecule has 3 unspecified atom stereocenters. The van der Waals surface area contributed by atoms with E-state index in [0.29, 0.717) is 25.9 Å². The van der Waals surface area contributed by atoms with Crippen molar-refractivity contribution in [3.8, 4) is 0 Å². The summed E-state index contributed by atoms with van der Waals surface area (Å²) in [4.78, 5) is 25.3. The van der Waals surface area contributed by atoms with Crippen LogP contribution in [-0.4, -0.2) is 45.7 Å². The highest BCUT2D eigenvalue weighted by Crippen LogP contribution is 2.59. The van der Waals surface area contributed by atoms with E-state index in [9.17, 15) is 14.7 Å². The highest BCUT2D eigenvalue weighted by molar-refractivity contribution is 5.91. The number of aliphatic carboxylic acids is 1.